The molecular weight excluding hydrogens is 387 g/mol. The number of fused-ring (bicyclic) bond motifs is 1. The van der Waals surface area contributed by atoms with Gasteiger partial charge in [0, 0.05) is 16.1 Å². The number of aromatic amines is 1. The van der Waals surface area contributed by atoms with E-state index in [1.807, 2.05) is 24.3 Å². The van der Waals surface area contributed by atoms with Crippen LogP contribution in [0.3, 0.4) is 0 Å². The van der Waals surface area contributed by atoms with Gasteiger partial charge in [0.25, 0.3) is 0 Å². The zero-order valence-corrected chi connectivity index (χ0v) is 15.7. The molecule has 0 atom stereocenters. The Kier molecular flexibility index (Phi) is 4.59. The van der Waals surface area contributed by atoms with E-state index in [4.69, 9.17) is 35.4 Å². The monoisotopic (exact) mass is 398 g/mol. The second-order valence-electron chi connectivity index (χ2n) is 5.60. The van der Waals surface area contributed by atoms with Crippen molar-refractivity contribution in [1.29, 1.82) is 0 Å². The van der Waals surface area contributed by atoms with Gasteiger partial charge >= 0.3 is 0 Å². The van der Waals surface area contributed by atoms with Crippen LogP contribution >= 0.6 is 35.4 Å². The van der Waals surface area contributed by atoms with Crippen LogP contribution < -0.4 is 0 Å². The molecule has 4 aromatic rings. The summed E-state index contributed by atoms with van der Waals surface area (Å²) in [6.07, 6.45) is 1.76. The summed E-state index contributed by atoms with van der Waals surface area (Å²) in [7, 11) is 0. The first-order valence-electron chi connectivity index (χ1n) is 7.78. The van der Waals surface area contributed by atoms with Gasteiger partial charge in [-0.3, -0.25) is 0 Å². The molecule has 1 aromatic heterocycles. The van der Waals surface area contributed by atoms with Gasteiger partial charge in [-0.2, -0.15) is 14.9 Å². The van der Waals surface area contributed by atoms with E-state index in [-0.39, 0.29) is 0 Å². The summed E-state index contributed by atoms with van der Waals surface area (Å²) >= 11 is 17.6. The van der Waals surface area contributed by atoms with Crippen LogP contribution in [0.2, 0.25) is 10.0 Å². The predicted molar refractivity (Wildman–Crippen MR) is 110 cm³/mol. The Bertz CT molecular complexity index is 1190. The van der Waals surface area contributed by atoms with Gasteiger partial charge in [0.1, 0.15) is 0 Å². The molecule has 26 heavy (non-hydrogen) atoms. The van der Waals surface area contributed by atoms with E-state index in [9.17, 15) is 0 Å². The molecule has 0 aliphatic carbocycles. The van der Waals surface area contributed by atoms with Crippen LogP contribution in [0.1, 0.15) is 5.56 Å². The lowest BCUT2D eigenvalue weighted by molar-refractivity contribution is 0.872. The Hall–Kier alpha value is -2.47. The molecule has 0 fully saturated rings. The molecule has 0 bridgehead atoms. The molecule has 7 heteroatoms. The zero-order chi connectivity index (χ0) is 18.1. The minimum Gasteiger partial charge on any atom is -0.250 e. The van der Waals surface area contributed by atoms with Crippen LogP contribution in [-0.2, 0) is 0 Å². The van der Waals surface area contributed by atoms with Crippen molar-refractivity contribution in [2.45, 2.75) is 0 Å². The second-order valence-corrected chi connectivity index (χ2v) is 6.83. The maximum Gasteiger partial charge on any atom is 0.216 e. The van der Waals surface area contributed by atoms with Crippen molar-refractivity contribution in [3.8, 4) is 11.4 Å². The number of nitrogens with one attached hydrogen (secondary N) is 1. The van der Waals surface area contributed by atoms with Crippen molar-refractivity contribution in [2.75, 3.05) is 0 Å². The topological polar surface area (TPSA) is 46.0 Å². The van der Waals surface area contributed by atoms with Gasteiger partial charge in [0.2, 0.25) is 4.77 Å². The fourth-order valence-electron chi connectivity index (χ4n) is 2.73. The Balaban J connectivity index is 1.81. The minimum absolute atomic E-state index is 0.377. The van der Waals surface area contributed by atoms with Crippen molar-refractivity contribution >= 4 is 52.4 Å². The average Bonchev–Trinajstić information content (AvgIpc) is 3.00. The molecule has 0 saturated carbocycles. The molecule has 0 spiro atoms. The van der Waals surface area contributed by atoms with Crippen molar-refractivity contribution in [1.82, 2.24) is 14.9 Å². The van der Waals surface area contributed by atoms with Crippen LogP contribution in [0.25, 0.3) is 22.2 Å². The molecule has 0 saturated heterocycles. The van der Waals surface area contributed by atoms with Gasteiger partial charge in [-0.25, -0.2) is 5.10 Å². The minimum atomic E-state index is 0.377. The summed E-state index contributed by atoms with van der Waals surface area (Å²) in [5.74, 6) is 0.521. The smallest absolute Gasteiger partial charge is 0.216 e. The van der Waals surface area contributed by atoms with E-state index in [2.05, 4.69) is 33.5 Å². The van der Waals surface area contributed by atoms with Gasteiger partial charge in [0.05, 0.1) is 11.2 Å². The fourth-order valence-corrected chi connectivity index (χ4v) is 3.40. The molecule has 128 valence electrons. The number of halogens is 2. The summed E-state index contributed by atoms with van der Waals surface area (Å²) in [5, 5.41) is 14.8. The quantitative estimate of drug-likeness (QED) is 0.342. The largest absolute Gasteiger partial charge is 0.250 e. The third-order valence-electron chi connectivity index (χ3n) is 3.96. The molecule has 0 aliphatic heterocycles. The van der Waals surface area contributed by atoms with Crippen molar-refractivity contribution < 1.29 is 0 Å². The van der Waals surface area contributed by atoms with Crippen LogP contribution in [0, 0.1) is 4.77 Å². The molecule has 4 nitrogen and oxygen atoms in total. The summed E-state index contributed by atoms with van der Waals surface area (Å²) in [6, 6.07) is 19.4. The third-order valence-corrected chi connectivity index (χ3v) is 4.77. The van der Waals surface area contributed by atoms with Gasteiger partial charge < -0.3 is 0 Å². The van der Waals surface area contributed by atoms with Crippen LogP contribution in [-0.4, -0.2) is 21.1 Å². The van der Waals surface area contributed by atoms with E-state index in [1.165, 1.54) is 0 Å². The number of H-pyrrole nitrogens is 1. The first-order chi connectivity index (χ1) is 12.6. The highest BCUT2D eigenvalue weighted by Gasteiger charge is 2.12. The highest BCUT2D eigenvalue weighted by Crippen LogP contribution is 2.29. The molecular formula is C19H12Cl2N4S. The number of hydrogen-bond donors (Lipinski definition) is 1. The normalized spacial score (nSPS) is 11.5. The fraction of sp³-hybridized carbons (Fsp3) is 0. The highest BCUT2D eigenvalue weighted by atomic mass is 35.5. The Morgan fingerprint density at radius 1 is 1.04 bits per heavy atom. The number of aromatic nitrogens is 3. The molecule has 0 amide bonds. The SMILES string of the molecule is S=c1[nH]nc(-c2ccc(Cl)cc2Cl)n1/N=C/c1cccc2ccccc12. The summed E-state index contributed by atoms with van der Waals surface area (Å²) in [5.41, 5.74) is 1.68. The number of nitrogens with zero attached hydrogens (tertiary/aromatic N) is 3. The molecule has 4 rings (SSSR count). The second kappa shape index (κ2) is 7.03. The van der Waals surface area contributed by atoms with Gasteiger partial charge in [0.15, 0.2) is 5.82 Å². The zero-order valence-electron chi connectivity index (χ0n) is 13.4. The standard InChI is InChI=1S/C19H12Cl2N4S/c20-14-8-9-16(17(21)10-14)18-23-24-19(26)25(18)22-11-13-6-3-5-12-4-1-2-7-15(12)13/h1-11H,(H,24,26)/b22-11+. The van der Waals surface area contributed by atoms with Crippen LogP contribution in [0.15, 0.2) is 65.8 Å². The molecule has 0 radical (unpaired) electrons. The van der Waals surface area contributed by atoms with E-state index in [0.29, 0.717) is 26.2 Å². The molecule has 3 aromatic carbocycles. The van der Waals surface area contributed by atoms with E-state index >= 15 is 0 Å². The van der Waals surface area contributed by atoms with E-state index < -0.39 is 0 Å². The lowest BCUT2D eigenvalue weighted by Gasteiger charge is -2.05. The van der Waals surface area contributed by atoms with Crippen LogP contribution in [0.5, 0.6) is 0 Å². The summed E-state index contributed by atoms with van der Waals surface area (Å²) in [4.78, 5) is 0. The third kappa shape index (κ3) is 3.17. The first-order valence-corrected chi connectivity index (χ1v) is 8.95. The van der Waals surface area contributed by atoms with Crippen molar-refractivity contribution in [2.24, 2.45) is 5.10 Å². The Morgan fingerprint density at radius 3 is 2.69 bits per heavy atom. The maximum atomic E-state index is 6.30. The van der Waals surface area contributed by atoms with Crippen molar-refractivity contribution in [3.05, 3.63) is 81.0 Å². The van der Waals surface area contributed by atoms with E-state index in [1.54, 1.807) is 29.1 Å². The highest BCUT2D eigenvalue weighted by molar-refractivity contribution is 7.71. The van der Waals surface area contributed by atoms with Gasteiger partial charge in [-0.05, 0) is 41.2 Å². The molecule has 1 heterocycles. The van der Waals surface area contributed by atoms with E-state index in [0.717, 1.165) is 16.3 Å². The lowest BCUT2D eigenvalue weighted by atomic mass is 10.1. The first kappa shape index (κ1) is 17.0. The molecule has 1 N–H and O–H groups in total. The summed E-state index contributed by atoms with van der Waals surface area (Å²) < 4.78 is 1.93. The number of rotatable bonds is 3. The lowest BCUT2D eigenvalue weighted by Crippen LogP contribution is -1.96. The molecule has 0 aliphatic rings. The van der Waals surface area contributed by atoms with Crippen LogP contribution in [0.4, 0.5) is 0 Å². The Morgan fingerprint density at radius 2 is 1.85 bits per heavy atom. The number of benzene rings is 3. The maximum absolute atomic E-state index is 6.30. The summed E-state index contributed by atoms with van der Waals surface area (Å²) in [6.45, 7) is 0. The van der Waals surface area contributed by atoms with Gasteiger partial charge in [-0.1, -0.05) is 65.7 Å². The number of hydrogen-bond acceptors (Lipinski definition) is 3. The predicted octanol–water partition coefficient (Wildman–Crippen LogP) is 5.95. The van der Waals surface area contributed by atoms with Crippen molar-refractivity contribution in [3.63, 3.8) is 0 Å². The Labute approximate surface area is 164 Å². The molecule has 0 unspecified atom stereocenters. The van der Waals surface area contributed by atoms with Gasteiger partial charge in [-0.15, -0.1) is 0 Å². The average molecular weight is 399 g/mol.